The molecule has 2 saturated heterocycles. The van der Waals surface area contributed by atoms with Crippen LogP contribution in [0.25, 0.3) is 0 Å². The van der Waals surface area contributed by atoms with Crippen molar-refractivity contribution in [2.75, 3.05) is 44.4 Å². The van der Waals surface area contributed by atoms with Crippen LogP contribution in [0.4, 0.5) is 0 Å². The first-order valence-corrected chi connectivity index (χ1v) is 9.85. The van der Waals surface area contributed by atoms with Crippen molar-refractivity contribution in [2.45, 2.75) is 24.5 Å². The summed E-state index contributed by atoms with van der Waals surface area (Å²) in [6, 6.07) is 7.91. The normalized spacial score (nSPS) is 29.9. The van der Waals surface area contributed by atoms with Crippen LogP contribution in [0, 0.1) is 0 Å². The molecule has 1 aromatic carbocycles. The number of carbonyl (C=O) groups excluding carboxylic acids is 1. The number of hydrogen-bond donors (Lipinski definition) is 1. The molecule has 0 spiro atoms. The molecule has 0 bridgehead atoms. The number of morpholine rings is 1. The third-order valence-corrected chi connectivity index (χ3v) is 6.53. The average Bonchev–Trinajstić information content (AvgIpc) is 3.28. The minimum atomic E-state index is -0.391. The summed E-state index contributed by atoms with van der Waals surface area (Å²) in [5.74, 6) is 3.10. The Kier molecular flexibility index (Phi) is 4.70. The molecule has 0 unspecified atom stereocenters. The minimum Gasteiger partial charge on any atom is -0.480 e. The van der Waals surface area contributed by atoms with Crippen LogP contribution in [0.15, 0.2) is 24.3 Å². The van der Waals surface area contributed by atoms with E-state index < -0.39 is 6.10 Å². The van der Waals surface area contributed by atoms with E-state index in [-0.39, 0.29) is 11.4 Å². The van der Waals surface area contributed by atoms with Crippen molar-refractivity contribution in [3.05, 3.63) is 29.8 Å². The molecule has 0 aliphatic carbocycles. The summed E-state index contributed by atoms with van der Waals surface area (Å²) >= 11 is 1.98. The van der Waals surface area contributed by atoms with Gasteiger partial charge >= 0.3 is 0 Å². The Morgan fingerprint density at radius 1 is 1.33 bits per heavy atom. The monoisotopic (exact) mass is 348 g/mol. The molecule has 0 radical (unpaired) electrons. The first-order chi connectivity index (χ1) is 11.8. The Morgan fingerprint density at radius 2 is 2.17 bits per heavy atom. The zero-order valence-corrected chi connectivity index (χ0v) is 14.6. The van der Waals surface area contributed by atoms with Crippen molar-refractivity contribution < 1.29 is 14.3 Å². The Balaban J connectivity index is 1.37. The lowest BCUT2D eigenvalue weighted by Crippen LogP contribution is -2.60. The fraction of sp³-hybridized carbons (Fsp3) is 0.611. The van der Waals surface area contributed by atoms with Crippen LogP contribution < -0.4 is 10.1 Å². The molecule has 3 aliphatic heterocycles. The van der Waals surface area contributed by atoms with Crippen LogP contribution in [0.2, 0.25) is 0 Å². The number of benzene rings is 1. The number of hydrogen-bond acceptors (Lipinski definition) is 5. The van der Waals surface area contributed by atoms with Crippen molar-refractivity contribution >= 4 is 17.7 Å². The lowest BCUT2D eigenvalue weighted by molar-refractivity contribution is -0.128. The molecule has 2 fully saturated rings. The third kappa shape index (κ3) is 3.15. The zero-order valence-electron chi connectivity index (χ0n) is 13.8. The summed E-state index contributed by atoms with van der Waals surface area (Å²) in [7, 11) is 0. The van der Waals surface area contributed by atoms with E-state index in [2.05, 4.69) is 10.2 Å². The van der Waals surface area contributed by atoms with E-state index in [0.29, 0.717) is 13.0 Å². The molecule has 3 aliphatic rings. The van der Waals surface area contributed by atoms with E-state index in [4.69, 9.17) is 9.47 Å². The van der Waals surface area contributed by atoms with Crippen LogP contribution in [0.3, 0.4) is 0 Å². The lowest BCUT2D eigenvalue weighted by atomic mass is 9.95. The molecule has 4 rings (SSSR count). The van der Waals surface area contributed by atoms with Crippen LogP contribution >= 0.6 is 11.8 Å². The summed E-state index contributed by atoms with van der Waals surface area (Å²) in [6.07, 6.45) is 1.41. The number of amides is 1. The van der Waals surface area contributed by atoms with Gasteiger partial charge in [-0.05, 0) is 23.8 Å². The highest BCUT2D eigenvalue weighted by atomic mass is 32.2. The smallest absolute Gasteiger partial charge is 0.261 e. The quantitative estimate of drug-likeness (QED) is 0.889. The maximum Gasteiger partial charge on any atom is 0.261 e. The second kappa shape index (κ2) is 6.94. The molecule has 1 aromatic rings. The number of ether oxygens (including phenoxy) is 2. The maximum atomic E-state index is 12.6. The van der Waals surface area contributed by atoms with Gasteiger partial charge in [-0.3, -0.25) is 9.69 Å². The summed E-state index contributed by atoms with van der Waals surface area (Å²) in [5.41, 5.74) is 1.20. The Labute approximate surface area is 147 Å². The zero-order chi connectivity index (χ0) is 16.4. The minimum absolute atomic E-state index is 0.00994. The van der Waals surface area contributed by atoms with Gasteiger partial charge in [-0.25, -0.2) is 0 Å². The Hall–Kier alpha value is -1.24. The van der Waals surface area contributed by atoms with Crippen LogP contribution in [0.5, 0.6) is 5.75 Å². The van der Waals surface area contributed by atoms with Crippen molar-refractivity contribution in [3.8, 4) is 5.75 Å². The van der Waals surface area contributed by atoms with Crippen LogP contribution in [-0.4, -0.2) is 66.8 Å². The number of carbonyl (C=O) groups is 1. The van der Waals surface area contributed by atoms with Crippen LogP contribution in [-0.2, 0) is 16.0 Å². The van der Waals surface area contributed by atoms with Crippen molar-refractivity contribution in [3.63, 3.8) is 0 Å². The van der Waals surface area contributed by atoms with E-state index in [1.807, 2.05) is 36.0 Å². The second-order valence-electron chi connectivity index (χ2n) is 6.76. The summed E-state index contributed by atoms with van der Waals surface area (Å²) in [6.45, 7) is 4.21. The van der Waals surface area contributed by atoms with Crippen molar-refractivity contribution in [2.24, 2.45) is 0 Å². The van der Waals surface area contributed by atoms with Gasteiger partial charge in [0.25, 0.3) is 5.91 Å². The largest absolute Gasteiger partial charge is 0.480 e. The average molecular weight is 348 g/mol. The van der Waals surface area contributed by atoms with Gasteiger partial charge in [0.2, 0.25) is 0 Å². The first-order valence-electron chi connectivity index (χ1n) is 8.70. The molecule has 1 amide bonds. The molecule has 6 heteroatoms. The molecule has 1 N–H and O–H groups in total. The van der Waals surface area contributed by atoms with Crippen molar-refractivity contribution in [1.29, 1.82) is 0 Å². The number of rotatable bonds is 4. The standard InChI is InChI=1S/C18H24N2O3S/c21-17(16-11-14-3-1-2-4-15(14)23-16)19-12-18(5-10-24-13-18)20-6-8-22-9-7-20/h1-4,16H,5-13H2,(H,19,21)/t16-,18-/m1/s1. The molecule has 3 heterocycles. The summed E-state index contributed by atoms with van der Waals surface area (Å²) in [4.78, 5) is 15.1. The van der Waals surface area contributed by atoms with Gasteiger partial charge in [0.15, 0.2) is 6.10 Å². The van der Waals surface area contributed by atoms with Gasteiger partial charge in [-0.2, -0.15) is 11.8 Å². The molecule has 24 heavy (non-hydrogen) atoms. The number of thioether (sulfide) groups is 1. The van der Waals surface area contributed by atoms with Crippen molar-refractivity contribution in [1.82, 2.24) is 10.2 Å². The van der Waals surface area contributed by atoms with Gasteiger partial charge in [0, 0.05) is 37.3 Å². The molecule has 0 saturated carbocycles. The van der Waals surface area contributed by atoms with Gasteiger partial charge in [0.1, 0.15) is 5.75 Å². The van der Waals surface area contributed by atoms with E-state index in [0.717, 1.165) is 49.8 Å². The lowest BCUT2D eigenvalue weighted by Gasteiger charge is -2.43. The first kappa shape index (κ1) is 16.2. The van der Waals surface area contributed by atoms with E-state index in [1.165, 1.54) is 5.75 Å². The molecule has 130 valence electrons. The highest BCUT2D eigenvalue weighted by molar-refractivity contribution is 7.99. The topological polar surface area (TPSA) is 50.8 Å². The predicted octanol–water partition coefficient (Wildman–Crippen LogP) is 1.31. The molecular weight excluding hydrogens is 324 g/mol. The fourth-order valence-electron chi connectivity index (χ4n) is 3.83. The molecule has 5 nitrogen and oxygen atoms in total. The van der Waals surface area contributed by atoms with E-state index in [9.17, 15) is 4.79 Å². The second-order valence-corrected chi connectivity index (χ2v) is 7.87. The number of para-hydroxylation sites is 1. The highest BCUT2D eigenvalue weighted by Crippen LogP contribution is 2.34. The van der Waals surface area contributed by atoms with E-state index >= 15 is 0 Å². The van der Waals surface area contributed by atoms with Crippen LogP contribution in [0.1, 0.15) is 12.0 Å². The molecular formula is C18H24N2O3S. The predicted molar refractivity (Wildman–Crippen MR) is 94.6 cm³/mol. The fourth-order valence-corrected chi connectivity index (χ4v) is 5.31. The SMILES string of the molecule is O=C(NC[C@]1(N2CCOCC2)CCSC1)[C@H]1Cc2ccccc2O1. The maximum absolute atomic E-state index is 12.6. The number of fused-ring (bicyclic) bond motifs is 1. The van der Waals surface area contributed by atoms with Gasteiger partial charge in [-0.1, -0.05) is 18.2 Å². The highest BCUT2D eigenvalue weighted by Gasteiger charge is 2.41. The summed E-state index contributed by atoms with van der Waals surface area (Å²) < 4.78 is 11.3. The van der Waals surface area contributed by atoms with Gasteiger partial charge in [0.05, 0.1) is 13.2 Å². The number of nitrogens with zero attached hydrogens (tertiary/aromatic N) is 1. The summed E-state index contributed by atoms with van der Waals surface area (Å²) in [5, 5.41) is 3.18. The third-order valence-electron chi connectivity index (χ3n) is 5.30. The van der Waals surface area contributed by atoms with Gasteiger partial charge < -0.3 is 14.8 Å². The number of nitrogens with one attached hydrogen (secondary N) is 1. The Bertz CT molecular complexity index is 573. The molecule has 2 atom stereocenters. The van der Waals surface area contributed by atoms with Gasteiger partial charge in [-0.15, -0.1) is 0 Å². The Morgan fingerprint density at radius 3 is 2.92 bits per heavy atom. The molecule has 0 aromatic heterocycles. The van der Waals surface area contributed by atoms with E-state index in [1.54, 1.807) is 0 Å².